The molecule has 0 spiro atoms. The van der Waals surface area contributed by atoms with Crippen LogP contribution in [-0.2, 0) is 11.3 Å². The zero-order valence-corrected chi connectivity index (χ0v) is 8.52. The highest BCUT2D eigenvalue weighted by atomic mass is 32.1. The largest absolute Gasteiger partial charge is 0.348 e. The molecule has 0 aliphatic rings. The first-order chi connectivity index (χ1) is 6.09. The Kier molecular flexibility index (Phi) is 3.39. The number of carbonyl (C=O) groups excluding carboxylic acids is 1. The summed E-state index contributed by atoms with van der Waals surface area (Å²) in [5.74, 6) is -0.146. The molecule has 0 radical (unpaired) electrons. The third-order valence-electron chi connectivity index (χ3n) is 1.49. The first-order valence-electron chi connectivity index (χ1n) is 4.04. The number of hydrogen-bond donors (Lipinski definition) is 2. The number of rotatable bonds is 3. The number of aryl methyl sites for hydroxylation is 1. The highest BCUT2D eigenvalue weighted by molar-refractivity contribution is 7.09. The van der Waals surface area contributed by atoms with Crippen molar-refractivity contribution in [2.45, 2.75) is 26.4 Å². The van der Waals surface area contributed by atoms with E-state index in [-0.39, 0.29) is 5.91 Å². The Morgan fingerprint density at radius 3 is 3.00 bits per heavy atom. The number of hydrogen-bond acceptors (Lipinski definition) is 4. The number of amides is 1. The van der Waals surface area contributed by atoms with Crippen LogP contribution in [0.1, 0.15) is 17.6 Å². The molecule has 1 aromatic heterocycles. The van der Waals surface area contributed by atoms with Gasteiger partial charge >= 0.3 is 0 Å². The molecule has 1 amide bonds. The molecule has 0 aliphatic carbocycles. The van der Waals surface area contributed by atoms with E-state index in [1.807, 2.05) is 12.3 Å². The van der Waals surface area contributed by atoms with E-state index in [4.69, 9.17) is 5.73 Å². The van der Waals surface area contributed by atoms with Gasteiger partial charge in [0.25, 0.3) is 0 Å². The van der Waals surface area contributed by atoms with Gasteiger partial charge in [-0.25, -0.2) is 4.98 Å². The number of nitrogens with one attached hydrogen (secondary N) is 1. The Bertz CT molecular complexity index is 295. The van der Waals surface area contributed by atoms with Crippen LogP contribution < -0.4 is 11.1 Å². The van der Waals surface area contributed by atoms with Crippen LogP contribution >= 0.6 is 11.3 Å². The lowest BCUT2D eigenvalue weighted by Gasteiger charge is -2.04. The monoisotopic (exact) mass is 199 g/mol. The first-order valence-corrected chi connectivity index (χ1v) is 4.92. The summed E-state index contributed by atoms with van der Waals surface area (Å²) < 4.78 is 0. The average Bonchev–Trinajstić information content (AvgIpc) is 2.47. The second-order valence-corrected chi connectivity index (χ2v) is 3.83. The summed E-state index contributed by atoms with van der Waals surface area (Å²) >= 11 is 1.54. The fourth-order valence-corrected chi connectivity index (χ4v) is 1.52. The summed E-state index contributed by atoms with van der Waals surface area (Å²) in [5.41, 5.74) is 6.36. The summed E-state index contributed by atoms with van der Waals surface area (Å²) in [7, 11) is 0. The van der Waals surface area contributed by atoms with E-state index in [1.165, 1.54) is 11.3 Å². The van der Waals surface area contributed by atoms with Gasteiger partial charge in [-0.2, -0.15) is 0 Å². The van der Waals surface area contributed by atoms with Gasteiger partial charge in [0.2, 0.25) is 5.91 Å². The second-order valence-electron chi connectivity index (χ2n) is 2.89. The quantitative estimate of drug-likeness (QED) is 0.741. The Balaban J connectivity index is 2.39. The fraction of sp³-hybridized carbons (Fsp3) is 0.500. The number of nitrogens with two attached hydrogens (primary N) is 1. The number of thiazole rings is 1. The highest BCUT2D eigenvalue weighted by Gasteiger charge is 2.07. The van der Waals surface area contributed by atoms with E-state index in [0.717, 1.165) is 10.7 Å². The second kappa shape index (κ2) is 4.34. The van der Waals surface area contributed by atoms with E-state index in [0.29, 0.717) is 6.54 Å². The van der Waals surface area contributed by atoms with Crippen LogP contribution in [0.5, 0.6) is 0 Å². The van der Waals surface area contributed by atoms with Gasteiger partial charge in [-0.15, -0.1) is 11.3 Å². The molecule has 0 fully saturated rings. The minimum atomic E-state index is -0.457. The van der Waals surface area contributed by atoms with Gasteiger partial charge < -0.3 is 11.1 Å². The molecule has 72 valence electrons. The lowest BCUT2D eigenvalue weighted by molar-refractivity contribution is -0.122. The van der Waals surface area contributed by atoms with Crippen molar-refractivity contribution in [2.24, 2.45) is 5.73 Å². The normalized spacial score (nSPS) is 12.5. The SMILES string of the molecule is Cc1csc(CNC(=O)C(C)N)n1. The molecular formula is C8H13N3OS. The summed E-state index contributed by atoms with van der Waals surface area (Å²) in [4.78, 5) is 15.3. The van der Waals surface area contributed by atoms with Crippen molar-refractivity contribution in [1.82, 2.24) is 10.3 Å². The summed E-state index contributed by atoms with van der Waals surface area (Å²) in [6.45, 7) is 4.05. The van der Waals surface area contributed by atoms with Crippen molar-refractivity contribution in [3.05, 3.63) is 16.1 Å². The van der Waals surface area contributed by atoms with Crippen molar-refractivity contribution < 1.29 is 4.79 Å². The lowest BCUT2D eigenvalue weighted by atomic mass is 10.3. The van der Waals surface area contributed by atoms with Crippen molar-refractivity contribution >= 4 is 17.2 Å². The molecule has 1 rings (SSSR count). The number of nitrogens with zero attached hydrogens (tertiary/aromatic N) is 1. The molecule has 1 unspecified atom stereocenters. The van der Waals surface area contributed by atoms with Crippen molar-refractivity contribution in [3.63, 3.8) is 0 Å². The maximum atomic E-state index is 11.1. The summed E-state index contributed by atoms with van der Waals surface area (Å²) in [5, 5.41) is 5.56. The molecule has 1 heterocycles. The van der Waals surface area contributed by atoms with Gasteiger partial charge in [0.1, 0.15) is 5.01 Å². The molecule has 0 aromatic carbocycles. The van der Waals surface area contributed by atoms with Gasteiger partial charge in [0, 0.05) is 11.1 Å². The van der Waals surface area contributed by atoms with Gasteiger partial charge in [-0.3, -0.25) is 4.79 Å². The average molecular weight is 199 g/mol. The molecule has 0 aliphatic heterocycles. The molecule has 3 N–H and O–H groups in total. The first kappa shape index (κ1) is 10.1. The Morgan fingerprint density at radius 2 is 2.54 bits per heavy atom. The lowest BCUT2D eigenvalue weighted by Crippen LogP contribution is -2.37. The molecule has 0 saturated carbocycles. The van der Waals surface area contributed by atoms with Crippen LogP contribution in [-0.4, -0.2) is 16.9 Å². The predicted octanol–water partition coefficient (Wildman–Crippen LogP) is 0.415. The topological polar surface area (TPSA) is 68.0 Å². The Hall–Kier alpha value is -0.940. The van der Waals surface area contributed by atoms with E-state index in [2.05, 4.69) is 10.3 Å². The molecule has 5 heteroatoms. The molecule has 1 aromatic rings. The fourth-order valence-electron chi connectivity index (χ4n) is 0.808. The summed E-state index contributed by atoms with van der Waals surface area (Å²) in [6.07, 6.45) is 0. The zero-order valence-electron chi connectivity index (χ0n) is 7.70. The summed E-state index contributed by atoms with van der Waals surface area (Å²) in [6, 6.07) is -0.457. The van der Waals surface area contributed by atoms with Crippen molar-refractivity contribution in [3.8, 4) is 0 Å². The minimum absolute atomic E-state index is 0.146. The van der Waals surface area contributed by atoms with Crippen molar-refractivity contribution in [1.29, 1.82) is 0 Å². The van der Waals surface area contributed by atoms with Crippen LogP contribution in [0.3, 0.4) is 0 Å². The van der Waals surface area contributed by atoms with E-state index in [9.17, 15) is 4.79 Å². The van der Waals surface area contributed by atoms with E-state index in [1.54, 1.807) is 6.92 Å². The molecule has 0 bridgehead atoms. The molecule has 4 nitrogen and oxygen atoms in total. The molecule has 13 heavy (non-hydrogen) atoms. The maximum absolute atomic E-state index is 11.1. The van der Waals surface area contributed by atoms with Gasteiger partial charge in [0.05, 0.1) is 12.6 Å². The molecular weight excluding hydrogens is 186 g/mol. The van der Waals surface area contributed by atoms with Gasteiger partial charge in [-0.1, -0.05) is 0 Å². The number of carbonyl (C=O) groups is 1. The van der Waals surface area contributed by atoms with Crippen LogP contribution in [0, 0.1) is 6.92 Å². The van der Waals surface area contributed by atoms with Gasteiger partial charge in [-0.05, 0) is 13.8 Å². The Morgan fingerprint density at radius 1 is 1.85 bits per heavy atom. The van der Waals surface area contributed by atoms with Crippen LogP contribution in [0.25, 0.3) is 0 Å². The third kappa shape index (κ3) is 3.12. The minimum Gasteiger partial charge on any atom is -0.348 e. The zero-order chi connectivity index (χ0) is 9.84. The smallest absolute Gasteiger partial charge is 0.236 e. The number of aromatic nitrogens is 1. The maximum Gasteiger partial charge on any atom is 0.236 e. The van der Waals surface area contributed by atoms with Crippen LogP contribution in [0.4, 0.5) is 0 Å². The standard InChI is InChI=1S/C8H13N3OS/c1-5-4-13-7(11-5)3-10-8(12)6(2)9/h4,6H,3,9H2,1-2H3,(H,10,12). The molecule has 1 atom stereocenters. The van der Waals surface area contributed by atoms with Crippen LogP contribution in [0.15, 0.2) is 5.38 Å². The van der Waals surface area contributed by atoms with E-state index >= 15 is 0 Å². The van der Waals surface area contributed by atoms with E-state index < -0.39 is 6.04 Å². The molecule has 0 saturated heterocycles. The predicted molar refractivity (Wildman–Crippen MR) is 52.3 cm³/mol. The third-order valence-corrected chi connectivity index (χ3v) is 2.46. The van der Waals surface area contributed by atoms with Crippen LogP contribution in [0.2, 0.25) is 0 Å². The van der Waals surface area contributed by atoms with Gasteiger partial charge in [0.15, 0.2) is 0 Å². The highest BCUT2D eigenvalue weighted by Crippen LogP contribution is 2.07. The van der Waals surface area contributed by atoms with Crippen molar-refractivity contribution in [2.75, 3.05) is 0 Å². The Labute approximate surface area is 81.2 Å².